The maximum atomic E-state index is 3.43. The van der Waals surface area contributed by atoms with Crippen molar-refractivity contribution < 1.29 is 0 Å². The van der Waals surface area contributed by atoms with Gasteiger partial charge in [-0.1, -0.05) is 37.3 Å². The van der Waals surface area contributed by atoms with Gasteiger partial charge in [0.2, 0.25) is 0 Å². The Balaban J connectivity index is 2.02. The molecular weight excluding hydrogens is 208 g/mol. The van der Waals surface area contributed by atoms with Crippen molar-refractivity contribution in [3.8, 4) is 0 Å². The van der Waals surface area contributed by atoms with Crippen molar-refractivity contribution in [2.45, 2.75) is 26.2 Å². The molecule has 1 aromatic carbocycles. The van der Waals surface area contributed by atoms with Gasteiger partial charge in [-0.25, -0.2) is 0 Å². The van der Waals surface area contributed by atoms with Crippen molar-refractivity contribution in [1.82, 2.24) is 10.2 Å². The van der Waals surface area contributed by atoms with Gasteiger partial charge in [0.05, 0.1) is 0 Å². The fourth-order valence-corrected chi connectivity index (χ4v) is 1.88. The fourth-order valence-electron chi connectivity index (χ4n) is 1.88. The van der Waals surface area contributed by atoms with Crippen LogP contribution in [-0.4, -0.2) is 38.1 Å². The van der Waals surface area contributed by atoms with Crippen LogP contribution < -0.4 is 5.32 Å². The second-order valence-corrected chi connectivity index (χ2v) is 4.64. The summed E-state index contributed by atoms with van der Waals surface area (Å²) in [4.78, 5) is 2.41. The van der Waals surface area contributed by atoms with Crippen LogP contribution in [0.15, 0.2) is 30.3 Å². The third-order valence-electron chi connectivity index (χ3n) is 2.95. The summed E-state index contributed by atoms with van der Waals surface area (Å²) in [6.07, 6.45) is 3.65. The standard InChI is InChI=1S/C15H26N2/c1-3-11-16-12-14-17(2)13-7-10-15-8-5-4-6-9-15/h4-6,8-9,16H,3,7,10-14H2,1-2H3. The predicted octanol–water partition coefficient (Wildman–Crippen LogP) is 2.55. The second-order valence-electron chi connectivity index (χ2n) is 4.64. The average Bonchev–Trinajstić information content (AvgIpc) is 2.36. The van der Waals surface area contributed by atoms with Gasteiger partial charge in [-0.15, -0.1) is 0 Å². The molecule has 17 heavy (non-hydrogen) atoms. The summed E-state index contributed by atoms with van der Waals surface area (Å²) in [5.41, 5.74) is 1.45. The van der Waals surface area contributed by atoms with E-state index in [-0.39, 0.29) is 0 Å². The van der Waals surface area contributed by atoms with Crippen LogP contribution in [0.5, 0.6) is 0 Å². The first kappa shape index (κ1) is 14.2. The quantitative estimate of drug-likeness (QED) is 0.661. The predicted molar refractivity (Wildman–Crippen MR) is 75.4 cm³/mol. The van der Waals surface area contributed by atoms with Crippen LogP contribution in [0.2, 0.25) is 0 Å². The number of hydrogen-bond donors (Lipinski definition) is 1. The highest BCUT2D eigenvalue weighted by molar-refractivity contribution is 5.14. The largest absolute Gasteiger partial charge is 0.315 e. The van der Waals surface area contributed by atoms with Crippen LogP contribution in [0, 0.1) is 0 Å². The van der Waals surface area contributed by atoms with E-state index in [1.165, 1.54) is 31.4 Å². The Morgan fingerprint density at radius 3 is 2.53 bits per heavy atom. The first-order valence-corrected chi connectivity index (χ1v) is 6.76. The number of aryl methyl sites for hydroxylation is 1. The van der Waals surface area contributed by atoms with Crippen LogP contribution in [0.25, 0.3) is 0 Å². The Morgan fingerprint density at radius 2 is 1.82 bits per heavy atom. The first-order valence-electron chi connectivity index (χ1n) is 6.76. The molecule has 96 valence electrons. The minimum absolute atomic E-state index is 1.11. The molecule has 1 aromatic rings. The zero-order valence-electron chi connectivity index (χ0n) is 11.3. The monoisotopic (exact) mass is 234 g/mol. The van der Waals surface area contributed by atoms with Gasteiger partial charge in [-0.2, -0.15) is 0 Å². The van der Waals surface area contributed by atoms with Crippen LogP contribution in [0.3, 0.4) is 0 Å². The van der Waals surface area contributed by atoms with Gasteiger partial charge in [-0.3, -0.25) is 0 Å². The molecule has 0 aliphatic heterocycles. The van der Waals surface area contributed by atoms with Gasteiger partial charge in [0.1, 0.15) is 0 Å². The minimum Gasteiger partial charge on any atom is -0.315 e. The van der Waals surface area contributed by atoms with Crippen LogP contribution in [0.1, 0.15) is 25.3 Å². The van der Waals surface area contributed by atoms with Gasteiger partial charge >= 0.3 is 0 Å². The Kier molecular flexibility index (Phi) is 7.69. The number of nitrogens with one attached hydrogen (secondary N) is 1. The molecule has 0 fully saturated rings. The van der Waals surface area contributed by atoms with Gasteiger partial charge in [0.25, 0.3) is 0 Å². The molecule has 0 aromatic heterocycles. The molecule has 0 amide bonds. The number of rotatable bonds is 9. The van der Waals surface area contributed by atoms with E-state index in [9.17, 15) is 0 Å². The fraction of sp³-hybridized carbons (Fsp3) is 0.600. The normalized spacial score (nSPS) is 11.0. The average molecular weight is 234 g/mol. The SMILES string of the molecule is CCCNCCN(C)CCCc1ccccc1. The lowest BCUT2D eigenvalue weighted by molar-refractivity contribution is 0.327. The number of hydrogen-bond acceptors (Lipinski definition) is 2. The highest BCUT2D eigenvalue weighted by Gasteiger charge is 1.98. The molecular formula is C15H26N2. The van der Waals surface area contributed by atoms with Gasteiger partial charge < -0.3 is 10.2 Å². The van der Waals surface area contributed by atoms with E-state index in [0.29, 0.717) is 0 Å². The van der Waals surface area contributed by atoms with Crippen molar-refractivity contribution in [3.63, 3.8) is 0 Å². The van der Waals surface area contributed by atoms with E-state index in [2.05, 4.69) is 54.5 Å². The zero-order chi connectivity index (χ0) is 12.3. The Bertz CT molecular complexity index is 272. The maximum absolute atomic E-state index is 3.43. The lowest BCUT2D eigenvalue weighted by Gasteiger charge is -2.16. The zero-order valence-corrected chi connectivity index (χ0v) is 11.3. The molecule has 0 spiro atoms. The summed E-state index contributed by atoms with van der Waals surface area (Å²) < 4.78 is 0. The summed E-state index contributed by atoms with van der Waals surface area (Å²) in [6, 6.07) is 10.7. The van der Waals surface area contributed by atoms with E-state index >= 15 is 0 Å². The molecule has 0 unspecified atom stereocenters. The van der Waals surface area contributed by atoms with Crippen molar-refractivity contribution >= 4 is 0 Å². The molecule has 0 bridgehead atoms. The molecule has 2 nitrogen and oxygen atoms in total. The molecule has 0 aliphatic rings. The van der Waals surface area contributed by atoms with Gasteiger partial charge in [-0.05, 0) is 45.0 Å². The highest BCUT2D eigenvalue weighted by atomic mass is 15.1. The van der Waals surface area contributed by atoms with E-state index in [1.807, 2.05) is 0 Å². The molecule has 0 saturated carbocycles. The Morgan fingerprint density at radius 1 is 1.06 bits per heavy atom. The topological polar surface area (TPSA) is 15.3 Å². The first-order chi connectivity index (χ1) is 8.33. The molecule has 2 heteroatoms. The highest BCUT2D eigenvalue weighted by Crippen LogP contribution is 2.02. The van der Waals surface area contributed by atoms with Crippen LogP contribution >= 0.6 is 0 Å². The summed E-state index contributed by atoms with van der Waals surface area (Å²) in [5.74, 6) is 0. The smallest absolute Gasteiger partial charge is 0.0104 e. The number of benzene rings is 1. The van der Waals surface area contributed by atoms with Crippen LogP contribution in [0.4, 0.5) is 0 Å². The molecule has 0 heterocycles. The maximum Gasteiger partial charge on any atom is 0.0104 e. The van der Waals surface area contributed by atoms with E-state index in [4.69, 9.17) is 0 Å². The Labute approximate surface area is 106 Å². The summed E-state index contributed by atoms with van der Waals surface area (Å²) in [7, 11) is 2.21. The minimum atomic E-state index is 1.11. The molecule has 0 saturated heterocycles. The second kappa shape index (κ2) is 9.20. The summed E-state index contributed by atoms with van der Waals surface area (Å²) in [6.45, 7) is 6.78. The molecule has 1 rings (SSSR count). The number of likely N-dealkylation sites (N-methyl/N-ethyl adjacent to an activating group) is 1. The van der Waals surface area contributed by atoms with Crippen molar-refractivity contribution in [2.75, 3.05) is 33.2 Å². The molecule has 1 N–H and O–H groups in total. The van der Waals surface area contributed by atoms with E-state index in [1.54, 1.807) is 0 Å². The molecule has 0 radical (unpaired) electrons. The van der Waals surface area contributed by atoms with Gasteiger partial charge in [0.15, 0.2) is 0 Å². The lowest BCUT2D eigenvalue weighted by Crippen LogP contribution is -2.30. The third kappa shape index (κ3) is 7.14. The van der Waals surface area contributed by atoms with E-state index in [0.717, 1.165) is 19.6 Å². The van der Waals surface area contributed by atoms with Crippen LogP contribution in [-0.2, 0) is 6.42 Å². The van der Waals surface area contributed by atoms with Crippen molar-refractivity contribution in [2.24, 2.45) is 0 Å². The Hall–Kier alpha value is -0.860. The third-order valence-corrected chi connectivity index (χ3v) is 2.95. The summed E-state index contributed by atoms with van der Waals surface area (Å²) >= 11 is 0. The summed E-state index contributed by atoms with van der Waals surface area (Å²) in [5, 5.41) is 3.43. The van der Waals surface area contributed by atoms with Crippen molar-refractivity contribution in [3.05, 3.63) is 35.9 Å². The van der Waals surface area contributed by atoms with Gasteiger partial charge in [0, 0.05) is 13.1 Å². The van der Waals surface area contributed by atoms with E-state index < -0.39 is 0 Å². The number of nitrogens with zero attached hydrogens (tertiary/aromatic N) is 1. The molecule has 0 aliphatic carbocycles. The van der Waals surface area contributed by atoms with Crippen molar-refractivity contribution in [1.29, 1.82) is 0 Å². The lowest BCUT2D eigenvalue weighted by atomic mass is 10.1. The molecule has 0 atom stereocenters.